The van der Waals surface area contributed by atoms with Crippen LogP contribution in [0.5, 0.6) is 0 Å². The van der Waals surface area contributed by atoms with Crippen molar-refractivity contribution >= 4 is 69.9 Å². The van der Waals surface area contributed by atoms with Gasteiger partial charge in [-0.25, -0.2) is 0 Å². The highest BCUT2D eigenvalue weighted by molar-refractivity contribution is 6.05. The molecule has 2 bridgehead atoms. The maximum atomic E-state index is 13.7. The molecule has 0 spiro atoms. The zero-order valence-corrected chi connectivity index (χ0v) is 44.9. The van der Waals surface area contributed by atoms with Crippen molar-refractivity contribution < 1.29 is 50.3 Å². The number of anilines is 6. The number of nitrogens with zero attached hydrogens (tertiary/aromatic N) is 2. The van der Waals surface area contributed by atoms with Gasteiger partial charge in [-0.3, -0.25) is 24.1 Å². The third-order valence-corrected chi connectivity index (χ3v) is 15.2. The van der Waals surface area contributed by atoms with Gasteiger partial charge in [-0.1, -0.05) is 60.7 Å². The van der Waals surface area contributed by atoms with Gasteiger partial charge in [-0.15, -0.1) is 0 Å². The Labute approximate surface area is 471 Å². The molecule has 3 aliphatic heterocycles. The number of halogens is 6. The van der Waals surface area contributed by atoms with Gasteiger partial charge in [-0.05, 0) is 189 Å². The lowest BCUT2D eigenvalue weighted by atomic mass is 9.92. The number of ether oxygens (including phenoxy) is 1. The van der Waals surface area contributed by atoms with Gasteiger partial charge in [0.05, 0.1) is 58.4 Å². The first-order valence-electron chi connectivity index (χ1n) is 27.3. The van der Waals surface area contributed by atoms with Crippen LogP contribution >= 0.6 is 0 Å². The van der Waals surface area contributed by atoms with Gasteiger partial charge in [0.25, 0.3) is 0 Å². The van der Waals surface area contributed by atoms with Crippen LogP contribution in [0.25, 0.3) is 23.3 Å². The number of hydrogen-bond donors (Lipinski definition) is 6. The maximum absolute atomic E-state index is 13.7. The Morgan fingerprint density at radius 1 is 0.573 bits per heavy atom. The van der Waals surface area contributed by atoms with Crippen LogP contribution in [0, 0.1) is 0 Å². The topological polar surface area (TPSA) is 184 Å². The van der Waals surface area contributed by atoms with E-state index in [4.69, 9.17) is 16.2 Å². The Morgan fingerprint density at radius 3 is 1.41 bits per heavy atom. The highest BCUT2D eigenvalue weighted by atomic mass is 19.4. The summed E-state index contributed by atoms with van der Waals surface area (Å²) in [6, 6.07) is 33.7. The van der Waals surface area contributed by atoms with Crippen LogP contribution < -0.4 is 32.7 Å². The lowest BCUT2D eigenvalue weighted by Gasteiger charge is -2.27. The Bertz CT molecular complexity index is 3270. The first-order valence-corrected chi connectivity index (χ1v) is 27.3. The van der Waals surface area contributed by atoms with Crippen molar-refractivity contribution in [2.24, 2.45) is 0 Å². The summed E-state index contributed by atoms with van der Waals surface area (Å²) in [5.41, 5.74) is 16.9. The zero-order valence-electron chi connectivity index (χ0n) is 44.9. The molecule has 0 aromatic heterocycles. The Hall–Kier alpha value is -8.26. The number of nitrogens with one attached hydrogen (secondary N) is 4. The smallest absolute Gasteiger partial charge is 0.397 e. The normalized spacial score (nSPS) is 17.3. The molecule has 4 atom stereocenters. The number of amides is 4. The fourth-order valence-corrected chi connectivity index (χ4v) is 10.7. The molecule has 6 aromatic rings. The Kier molecular flexibility index (Phi) is 18.6. The molecule has 0 aliphatic carbocycles. The van der Waals surface area contributed by atoms with E-state index in [1.165, 1.54) is 36.4 Å². The van der Waals surface area contributed by atoms with Crippen molar-refractivity contribution in [2.45, 2.75) is 81.3 Å². The van der Waals surface area contributed by atoms with Crippen molar-refractivity contribution in [1.29, 1.82) is 0 Å². The molecule has 19 heteroatoms. The molecule has 3 fully saturated rings. The number of hydrogen-bond acceptors (Lipinski definition) is 9. The lowest BCUT2D eigenvalue weighted by Crippen LogP contribution is -2.37. The van der Waals surface area contributed by atoms with Crippen molar-refractivity contribution in [1.82, 2.24) is 9.80 Å². The Balaban J connectivity index is 0.804. The summed E-state index contributed by atoms with van der Waals surface area (Å²) >= 11 is 0. The molecule has 9 rings (SSSR count). The van der Waals surface area contributed by atoms with Gasteiger partial charge in [0.15, 0.2) is 0 Å². The molecule has 8 N–H and O–H groups in total. The highest BCUT2D eigenvalue weighted by Gasteiger charge is 2.39. The minimum absolute atomic E-state index is 0.237. The van der Waals surface area contributed by atoms with Crippen LogP contribution in [0.15, 0.2) is 146 Å². The molecule has 4 amide bonds. The van der Waals surface area contributed by atoms with E-state index in [9.17, 15) is 45.5 Å². The van der Waals surface area contributed by atoms with Crippen molar-refractivity contribution in [3.63, 3.8) is 0 Å². The largest absolute Gasteiger partial charge is 0.416 e. The summed E-state index contributed by atoms with van der Waals surface area (Å²) in [7, 11) is 0. The quantitative estimate of drug-likeness (QED) is 0.0232. The zero-order chi connectivity index (χ0) is 58.0. The number of carbonyl (C=O) groups is 4. The van der Waals surface area contributed by atoms with E-state index >= 15 is 0 Å². The first-order chi connectivity index (χ1) is 39.3. The van der Waals surface area contributed by atoms with Crippen molar-refractivity contribution in [3.05, 3.63) is 179 Å². The van der Waals surface area contributed by atoms with Crippen LogP contribution in [0.1, 0.15) is 90.2 Å². The van der Waals surface area contributed by atoms with Gasteiger partial charge in [0.1, 0.15) is 0 Å². The SMILES string of the molecule is Nc1ccc(-c2ccc(N)c(NC(=O)/C=C/c3ccc(C(CCCN4C[C@@H]5C[C@H]4CO5)C(=O)Nc4ccc(C(F)(F)F)cc4)cc3)c2)cc1NC(=O)/C=C/c1ccc(C(CCCN2CCCC2)C(=O)Nc2ccc(C(F)(F)F)cc2)cc1. The lowest BCUT2D eigenvalue weighted by molar-refractivity contribution is -0.138. The first kappa shape index (κ1) is 58.4. The summed E-state index contributed by atoms with van der Waals surface area (Å²) in [6.45, 7) is 5.19. The minimum atomic E-state index is -4.50. The summed E-state index contributed by atoms with van der Waals surface area (Å²) in [5, 5.41) is 11.3. The predicted octanol–water partition coefficient (Wildman–Crippen LogP) is 12.4. The fraction of sp³-hybridized carbons (Fsp3) is 0.302. The van der Waals surface area contributed by atoms with E-state index in [0.717, 1.165) is 88.2 Å². The third kappa shape index (κ3) is 15.6. The molecule has 3 saturated heterocycles. The van der Waals surface area contributed by atoms with E-state index in [-0.39, 0.29) is 29.3 Å². The number of benzene rings is 6. The van der Waals surface area contributed by atoms with E-state index in [1.54, 1.807) is 84.9 Å². The van der Waals surface area contributed by atoms with E-state index in [0.29, 0.717) is 82.5 Å². The number of likely N-dealkylation sites (tertiary alicyclic amines) is 2. The Morgan fingerprint density at radius 2 is 1.01 bits per heavy atom. The van der Waals surface area contributed by atoms with Gasteiger partial charge < -0.3 is 42.4 Å². The van der Waals surface area contributed by atoms with Gasteiger partial charge in [0.2, 0.25) is 23.6 Å². The maximum Gasteiger partial charge on any atom is 0.416 e. The molecule has 13 nitrogen and oxygen atoms in total. The number of nitrogens with two attached hydrogens (primary N) is 2. The average Bonchev–Trinajstić information content (AvgIpc) is 4.40. The molecule has 2 unspecified atom stereocenters. The molecule has 0 radical (unpaired) electrons. The van der Waals surface area contributed by atoms with E-state index in [2.05, 4.69) is 31.1 Å². The third-order valence-electron chi connectivity index (χ3n) is 15.2. The molecule has 428 valence electrons. The van der Waals surface area contributed by atoms with Gasteiger partial charge in [-0.2, -0.15) is 26.3 Å². The molecule has 3 heterocycles. The van der Waals surface area contributed by atoms with Crippen LogP contribution in [-0.2, 0) is 36.3 Å². The number of carbonyl (C=O) groups excluding carboxylic acids is 4. The second-order valence-corrected chi connectivity index (χ2v) is 21.0. The predicted molar refractivity (Wildman–Crippen MR) is 308 cm³/mol. The number of alkyl halides is 6. The van der Waals surface area contributed by atoms with Gasteiger partial charge >= 0.3 is 12.4 Å². The number of morpholine rings is 1. The van der Waals surface area contributed by atoms with Crippen LogP contribution in [0.2, 0.25) is 0 Å². The molecular formula is C63H64F6N8O5. The summed E-state index contributed by atoms with van der Waals surface area (Å²) in [4.78, 5) is 58.7. The molecule has 0 saturated carbocycles. The van der Waals surface area contributed by atoms with Gasteiger partial charge in [0, 0.05) is 36.1 Å². The molecule has 82 heavy (non-hydrogen) atoms. The van der Waals surface area contributed by atoms with E-state index < -0.39 is 47.1 Å². The van der Waals surface area contributed by atoms with Crippen LogP contribution in [-0.4, -0.2) is 84.9 Å². The summed E-state index contributed by atoms with van der Waals surface area (Å²) in [5.74, 6) is -2.78. The molecule has 6 aromatic carbocycles. The minimum Gasteiger partial charge on any atom is -0.397 e. The second kappa shape index (κ2) is 26.1. The average molecular weight is 1130 g/mol. The second-order valence-electron chi connectivity index (χ2n) is 21.0. The van der Waals surface area contributed by atoms with Crippen molar-refractivity contribution in [3.8, 4) is 11.1 Å². The van der Waals surface area contributed by atoms with Crippen molar-refractivity contribution in [2.75, 3.05) is 72.1 Å². The monoisotopic (exact) mass is 1130 g/mol. The highest BCUT2D eigenvalue weighted by Crippen LogP contribution is 2.35. The summed E-state index contributed by atoms with van der Waals surface area (Å²) < 4.78 is 84.9. The molecular weight excluding hydrogens is 1060 g/mol. The number of rotatable bonds is 21. The standard InChI is InChI=1S/C63H64F6N8O5/c64-62(65,66)46-19-23-48(24-20-46)72-60(80)52(5-3-33-76-31-1-2-32-76)42-13-7-40(8-14-42)11-29-58(78)74-56-35-44(17-27-54(56)70)45-18-28-55(71)57(36-45)75-59(79)30-12-41-9-15-43(16-10-41)53(6-4-34-77-38-51-37-50(77)39-82-51)61(81)73-49-25-21-47(22-26-49)63(67,68)69/h7-30,35-36,50-53H,1-6,31-34,37-39,70-71H2,(H,72,80)(H,73,81)(H,74,78)(H,75,79)/b29-11+,30-12+/t50-,51-,52?,53?/m0/s1. The summed E-state index contributed by atoms with van der Waals surface area (Å²) in [6.07, 6.45) is 2.93. The van der Waals surface area contributed by atoms with Crippen LogP contribution in [0.4, 0.5) is 60.5 Å². The number of nitrogen functional groups attached to an aromatic ring is 2. The molecule has 3 aliphatic rings. The van der Waals surface area contributed by atoms with E-state index in [1.807, 2.05) is 12.1 Å². The number of fused-ring (bicyclic) bond motifs is 2. The van der Waals surface area contributed by atoms with Crippen LogP contribution in [0.3, 0.4) is 0 Å². The fourth-order valence-electron chi connectivity index (χ4n) is 10.7.